The van der Waals surface area contributed by atoms with Crippen LogP contribution in [0.4, 0.5) is 0 Å². The number of hydrogen-bond acceptors (Lipinski definition) is 15. The van der Waals surface area contributed by atoms with Crippen LogP contribution in [0, 0.1) is 11.8 Å². The lowest BCUT2D eigenvalue weighted by atomic mass is 10.00. The van der Waals surface area contributed by atoms with Gasteiger partial charge in [0.25, 0.3) is 0 Å². The minimum Gasteiger partial charge on any atom is -0.462 e. The van der Waals surface area contributed by atoms with Gasteiger partial charge in [-0.1, -0.05) is 369 Å². The molecule has 0 radical (unpaired) electrons. The third-order valence-corrected chi connectivity index (χ3v) is 21.0. The molecule has 0 aromatic carbocycles. The van der Waals surface area contributed by atoms with Gasteiger partial charge in [-0.05, 0) is 37.5 Å². The second-order valence-corrected chi connectivity index (χ2v) is 32.4. The molecule has 3 unspecified atom stereocenters. The number of hydrogen-bond donors (Lipinski definition) is 3. The minimum atomic E-state index is -4.96. The summed E-state index contributed by atoms with van der Waals surface area (Å²) in [7, 11) is -9.91. The molecule has 19 heteroatoms. The number of carbonyl (C=O) groups excluding carboxylic acids is 4. The summed E-state index contributed by atoms with van der Waals surface area (Å²) in [5, 5.41) is 10.6. The molecule has 99 heavy (non-hydrogen) atoms. The number of ether oxygens (including phenoxy) is 4. The molecule has 0 aliphatic heterocycles. The molecule has 0 aliphatic rings. The van der Waals surface area contributed by atoms with E-state index in [2.05, 4.69) is 41.5 Å². The van der Waals surface area contributed by atoms with E-state index in [1.54, 1.807) is 0 Å². The molecule has 0 saturated carbocycles. The smallest absolute Gasteiger partial charge is 0.462 e. The lowest BCUT2D eigenvalue weighted by Gasteiger charge is -2.21. The first-order valence-electron chi connectivity index (χ1n) is 41.5. The predicted octanol–water partition coefficient (Wildman–Crippen LogP) is 23.9. The summed E-state index contributed by atoms with van der Waals surface area (Å²) in [5.41, 5.74) is 0. The summed E-state index contributed by atoms with van der Waals surface area (Å²) >= 11 is 0. The summed E-state index contributed by atoms with van der Waals surface area (Å²) in [4.78, 5) is 72.9. The first kappa shape index (κ1) is 97.1. The molecular formula is C80H156O17P2. The van der Waals surface area contributed by atoms with Crippen LogP contribution in [0.2, 0.25) is 0 Å². The van der Waals surface area contributed by atoms with Gasteiger partial charge in [0.05, 0.1) is 26.4 Å². The van der Waals surface area contributed by atoms with Crippen LogP contribution in [0.15, 0.2) is 0 Å². The fraction of sp³-hybridized carbons (Fsp3) is 0.950. The number of aliphatic hydroxyl groups is 1. The van der Waals surface area contributed by atoms with E-state index in [0.717, 1.165) is 102 Å². The Morgan fingerprint density at radius 2 is 0.515 bits per heavy atom. The Balaban J connectivity index is 5.19. The number of carbonyl (C=O) groups is 4. The molecule has 0 aromatic rings. The number of esters is 4. The first-order chi connectivity index (χ1) is 47.9. The van der Waals surface area contributed by atoms with Crippen molar-refractivity contribution in [2.75, 3.05) is 39.6 Å². The highest BCUT2D eigenvalue weighted by molar-refractivity contribution is 7.47. The van der Waals surface area contributed by atoms with Gasteiger partial charge < -0.3 is 33.8 Å². The third kappa shape index (κ3) is 72.8. The predicted molar refractivity (Wildman–Crippen MR) is 405 cm³/mol. The van der Waals surface area contributed by atoms with Crippen molar-refractivity contribution < 1.29 is 80.2 Å². The van der Waals surface area contributed by atoms with Gasteiger partial charge >= 0.3 is 39.5 Å². The van der Waals surface area contributed by atoms with Crippen LogP contribution in [0.1, 0.15) is 420 Å². The molecule has 588 valence electrons. The zero-order valence-electron chi connectivity index (χ0n) is 64.8. The molecule has 0 aromatic heterocycles. The van der Waals surface area contributed by atoms with Crippen molar-refractivity contribution in [1.29, 1.82) is 0 Å². The Bertz CT molecular complexity index is 1910. The van der Waals surface area contributed by atoms with Gasteiger partial charge in [0.2, 0.25) is 0 Å². The SMILES string of the molecule is CCCCCCCCCCCCCCCCCCCCCCCCC(=O)O[C@H](COC(=O)CCCCCCCCCCCCCCCCC(C)C)COP(=O)(O)OC[C@@H](O)COP(=O)(O)OC[C@@H](COC(=O)CCCCCCCCCCCC)OC(=O)CCCCCCCCC(C)CC. The average Bonchev–Trinajstić information content (AvgIpc) is 1.09. The van der Waals surface area contributed by atoms with Crippen LogP contribution in [-0.4, -0.2) is 96.7 Å². The van der Waals surface area contributed by atoms with Crippen molar-refractivity contribution in [2.24, 2.45) is 11.8 Å². The molecule has 0 heterocycles. The van der Waals surface area contributed by atoms with E-state index in [-0.39, 0.29) is 25.7 Å². The van der Waals surface area contributed by atoms with E-state index in [9.17, 15) is 43.2 Å². The topological polar surface area (TPSA) is 237 Å². The zero-order chi connectivity index (χ0) is 72.8. The summed E-state index contributed by atoms with van der Waals surface area (Å²) in [6.07, 6.45) is 61.3. The number of unbranched alkanes of at least 4 members (excludes halogenated alkanes) is 48. The Kier molecular flexibility index (Phi) is 70.3. The van der Waals surface area contributed by atoms with Crippen molar-refractivity contribution in [3.05, 3.63) is 0 Å². The monoisotopic (exact) mass is 1450 g/mol. The van der Waals surface area contributed by atoms with E-state index in [0.29, 0.717) is 25.7 Å². The second kappa shape index (κ2) is 71.7. The van der Waals surface area contributed by atoms with Gasteiger partial charge in [-0.2, -0.15) is 0 Å². The maximum absolute atomic E-state index is 13.1. The average molecular weight is 1450 g/mol. The quantitative estimate of drug-likeness (QED) is 0.0222. The standard InChI is InChI=1S/C80H156O17P2/c1-7-10-12-14-16-18-20-21-22-23-24-25-26-27-28-29-34-37-41-45-52-58-64-79(84)96-75(68-90-78(83)63-57-51-44-40-36-33-31-30-32-35-38-42-48-54-60-72(4)5)70-94-98(86,87)92-66-74(81)67-93-99(88,89)95-71-76(97-80(85)65-59-53-47-46-49-55-61-73(6)9-3)69-91-77(82)62-56-50-43-39-19-17-15-13-11-8-2/h72-76,81H,7-71H2,1-6H3,(H,86,87)(H,88,89)/t73?,74-,75-,76-/m1/s1. The fourth-order valence-electron chi connectivity index (χ4n) is 12.3. The van der Waals surface area contributed by atoms with Crippen LogP contribution in [0.25, 0.3) is 0 Å². The second-order valence-electron chi connectivity index (χ2n) is 29.5. The molecule has 17 nitrogen and oxygen atoms in total. The van der Waals surface area contributed by atoms with Crippen LogP contribution in [0.3, 0.4) is 0 Å². The maximum atomic E-state index is 13.1. The van der Waals surface area contributed by atoms with Gasteiger partial charge in [0.1, 0.15) is 19.3 Å². The van der Waals surface area contributed by atoms with Crippen molar-refractivity contribution in [3.8, 4) is 0 Å². The lowest BCUT2D eigenvalue weighted by molar-refractivity contribution is -0.161. The first-order valence-corrected chi connectivity index (χ1v) is 44.5. The molecular weight excluding hydrogens is 1290 g/mol. The van der Waals surface area contributed by atoms with E-state index in [1.807, 2.05) is 0 Å². The van der Waals surface area contributed by atoms with Crippen molar-refractivity contribution >= 4 is 39.5 Å². The van der Waals surface area contributed by atoms with Gasteiger partial charge in [0.15, 0.2) is 12.2 Å². The van der Waals surface area contributed by atoms with Crippen molar-refractivity contribution in [1.82, 2.24) is 0 Å². The van der Waals surface area contributed by atoms with Crippen LogP contribution in [0.5, 0.6) is 0 Å². The van der Waals surface area contributed by atoms with E-state index >= 15 is 0 Å². The largest absolute Gasteiger partial charge is 0.472 e. The number of phosphoric ester groups is 2. The van der Waals surface area contributed by atoms with Gasteiger partial charge in [-0.15, -0.1) is 0 Å². The third-order valence-electron chi connectivity index (χ3n) is 19.1. The molecule has 0 spiro atoms. The number of rotatable bonds is 79. The van der Waals surface area contributed by atoms with E-state index in [4.69, 9.17) is 37.0 Å². The van der Waals surface area contributed by atoms with Crippen LogP contribution >= 0.6 is 15.6 Å². The Hall–Kier alpha value is -1.94. The van der Waals surface area contributed by atoms with Crippen molar-refractivity contribution in [2.45, 2.75) is 439 Å². The highest BCUT2D eigenvalue weighted by Crippen LogP contribution is 2.45. The number of aliphatic hydroxyl groups excluding tert-OH is 1. The van der Waals surface area contributed by atoms with Gasteiger partial charge in [0, 0.05) is 25.7 Å². The van der Waals surface area contributed by atoms with Crippen molar-refractivity contribution in [3.63, 3.8) is 0 Å². The summed E-state index contributed by atoms with van der Waals surface area (Å²) < 4.78 is 68.6. The van der Waals surface area contributed by atoms with Crippen LogP contribution in [-0.2, 0) is 65.4 Å². The highest BCUT2D eigenvalue weighted by Gasteiger charge is 2.30. The highest BCUT2D eigenvalue weighted by atomic mass is 31.2. The lowest BCUT2D eigenvalue weighted by Crippen LogP contribution is -2.30. The minimum absolute atomic E-state index is 0.103. The molecule has 0 saturated heterocycles. The van der Waals surface area contributed by atoms with E-state index < -0.39 is 97.5 Å². The zero-order valence-corrected chi connectivity index (χ0v) is 66.6. The summed E-state index contributed by atoms with van der Waals surface area (Å²) in [6.45, 7) is 9.58. The Morgan fingerprint density at radius 3 is 0.768 bits per heavy atom. The van der Waals surface area contributed by atoms with Gasteiger partial charge in [-0.3, -0.25) is 37.3 Å². The van der Waals surface area contributed by atoms with Crippen LogP contribution < -0.4 is 0 Å². The molecule has 0 amide bonds. The molecule has 0 aliphatic carbocycles. The molecule has 0 rings (SSSR count). The molecule has 0 fully saturated rings. The summed E-state index contributed by atoms with van der Waals surface area (Å²) in [5.74, 6) is -0.596. The van der Waals surface area contributed by atoms with Gasteiger partial charge in [-0.25, -0.2) is 9.13 Å². The fourth-order valence-corrected chi connectivity index (χ4v) is 13.9. The van der Waals surface area contributed by atoms with E-state index in [1.165, 1.54) is 238 Å². The Labute approximate surface area is 607 Å². The number of phosphoric acid groups is 2. The molecule has 3 N–H and O–H groups in total. The maximum Gasteiger partial charge on any atom is 0.472 e. The Morgan fingerprint density at radius 1 is 0.293 bits per heavy atom. The normalized spacial score (nSPS) is 14.2. The molecule has 0 bridgehead atoms. The summed E-state index contributed by atoms with van der Waals surface area (Å²) in [6, 6.07) is 0. The molecule has 6 atom stereocenters.